The first kappa shape index (κ1) is 18.7. The SMILES string of the molecule is O=C(O)c1cc(-c2ccccc2)sc1NS(=O)(=O)c1cc(Cl)cc(Cl)c1. The van der Waals surface area contributed by atoms with E-state index in [4.69, 9.17) is 23.2 Å². The number of anilines is 1. The molecule has 1 heterocycles. The van der Waals surface area contributed by atoms with Gasteiger partial charge in [0, 0.05) is 14.9 Å². The summed E-state index contributed by atoms with van der Waals surface area (Å²) >= 11 is 12.7. The molecule has 1 aromatic heterocycles. The molecule has 2 aromatic carbocycles. The maximum Gasteiger partial charge on any atom is 0.338 e. The van der Waals surface area contributed by atoms with E-state index in [2.05, 4.69) is 4.72 Å². The van der Waals surface area contributed by atoms with Gasteiger partial charge in [0.2, 0.25) is 0 Å². The van der Waals surface area contributed by atoms with Crippen molar-refractivity contribution in [1.29, 1.82) is 0 Å². The number of aromatic carboxylic acids is 1. The second-order valence-electron chi connectivity index (χ2n) is 5.24. The lowest BCUT2D eigenvalue weighted by atomic mass is 10.1. The van der Waals surface area contributed by atoms with Crippen molar-refractivity contribution in [3.05, 3.63) is 70.2 Å². The standard InChI is InChI=1S/C17H11Cl2NO4S2/c18-11-6-12(19)8-13(7-11)26(23,24)20-16-14(17(21)22)9-15(25-16)10-4-2-1-3-5-10/h1-9,20H,(H,21,22). The van der Waals surface area contributed by atoms with Gasteiger partial charge in [0.1, 0.15) is 5.00 Å². The van der Waals surface area contributed by atoms with E-state index in [1.54, 1.807) is 0 Å². The van der Waals surface area contributed by atoms with Gasteiger partial charge in [0.05, 0.1) is 10.5 Å². The lowest BCUT2D eigenvalue weighted by molar-refractivity contribution is 0.0698. The van der Waals surface area contributed by atoms with Crippen LogP contribution >= 0.6 is 34.5 Å². The molecule has 26 heavy (non-hydrogen) atoms. The number of hydrogen-bond donors (Lipinski definition) is 2. The second kappa shape index (κ2) is 7.28. The van der Waals surface area contributed by atoms with Gasteiger partial charge >= 0.3 is 5.97 Å². The average Bonchev–Trinajstić information content (AvgIpc) is 2.98. The lowest BCUT2D eigenvalue weighted by Crippen LogP contribution is -2.14. The largest absolute Gasteiger partial charge is 0.478 e. The summed E-state index contributed by atoms with van der Waals surface area (Å²) in [5.74, 6) is -1.23. The van der Waals surface area contributed by atoms with Crippen LogP contribution in [0.1, 0.15) is 10.4 Å². The van der Waals surface area contributed by atoms with Gasteiger partial charge in [-0.3, -0.25) is 4.72 Å². The Balaban J connectivity index is 2.03. The molecule has 3 rings (SSSR count). The Labute approximate surface area is 163 Å². The molecule has 0 aliphatic rings. The minimum atomic E-state index is -4.06. The van der Waals surface area contributed by atoms with Crippen LogP contribution in [0, 0.1) is 0 Å². The number of halogens is 2. The van der Waals surface area contributed by atoms with Crippen molar-refractivity contribution in [1.82, 2.24) is 0 Å². The number of benzene rings is 2. The predicted molar refractivity (Wildman–Crippen MR) is 104 cm³/mol. The van der Waals surface area contributed by atoms with Crippen LogP contribution in [0.3, 0.4) is 0 Å². The molecular weight excluding hydrogens is 417 g/mol. The molecule has 0 radical (unpaired) electrons. The first-order valence-electron chi connectivity index (χ1n) is 7.18. The third-order valence-electron chi connectivity index (χ3n) is 3.39. The van der Waals surface area contributed by atoms with E-state index in [0.717, 1.165) is 16.9 Å². The number of carboxylic acid groups (broad SMARTS) is 1. The molecule has 0 bridgehead atoms. The van der Waals surface area contributed by atoms with Crippen molar-refractivity contribution < 1.29 is 18.3 Å². The highest BCUT2D eigenvalue weighted by Crippen LogP contribution is 2.37. The average molecular weight is 428 g/mol. The van der Waals surface area contributed by atoms with Gasteiger partial charge < -0.3 is 5.11 Å². The molecular formula is C17H11Cl2NO4S2. The zero-order valence-corrected chi connectivity index (χ0v) is 16.1. The van der Waals surface area contributed by atoms with E-state index in [1.165, 1.54) is 24.3 Å². The Kier molecular flexibility index (Phi) is 5.24. The van der Waals surface area contributed by atoms with E-state index in [-0.39, 0.29) is 25.5 Å². The first-order valence-corrected chi connectivity index (χ1v) is 10.2. The Hall–Kier alpha value is -2.06. The van der Waals surface area contributed by atoms with Crippen molar-refractivity contribution >= 4 is 55.5 Å². The van der Waals surface area contributed by atoms with Crippen molar-refractivity contribution in [3.63, 3.8) is 0 Å². The van der Waals surface area contributed by atoms with E-state index in [0.29, 0.717) is 4.88 Å². The summed E-state index contributed by atoms with van der Waals surface area (Å²) in [5, 5.41) is 9.74. The second-order valence-corrected chi connectivity index (χ2v) is 8.84. The van der Waals surface area contributed by atoms with Crippen LogP contribution in [0.4, 0.5) is 5.00 Å². The molecule has 0 atom stereocenters. The number of nitrogens with one attached hydrogen (secondary N) is 1. The normalized spacial score (nSPS) is 11.3. The van der Waals surface area contributed by atoms with Crippen LogP contribution in [0.5, 0.6) is 0 Å². The number of thiophene rings is 1. The monoisotopic (exact) mass is 427 g/mol. The summed E-state index contributed by atoms with van der Waals surface area (Å²) in [6.07, 6.45) is 0. The zero-order chi connectivity index (χ0) is 18.9. The molecule has 2 N–H and O–H groups in total. The van der Waals surface area contributed by atoms with Gasteiger partial charge in [-0.1, -0.05) is 53.5 Å². The van der Waals surface area contributed by atoms with Gasteiger partial charge in [-0.15, -0.1) is 11.3 Å². The van der Waals surface area contributed by atoms with Crippen LogP contribution in [0.2, 0.25) is 10.0 Å². The molecule has 0 spiro atoms. The fourth-order valence-electron chi connectivity index (χ4n) is 2.24. The molecule has 3 aromatic rings. The molecule has 0 saturated heterocycles. The molecule has 0 fully saturated rings. The summed E-state index contributed by atoms with van der Waals surface area (Å²) in [5.41, 5.74) is 0.654. The molecule has 0 aliphatic carbocycles. The third-order valence-corrected chi connectivity index (χ3v) is 6.39. The summed E-state index contributed by atoms with van der Waals surface area (Å²) in [4.78, 5) is 12.0. The van der Waals surface area contributed by atoms with Crippen LogP contribution < -0.4 is 4.72 Å². The number of rotatable bonds is 5. The predicted octanol–water partition coefficient (Wildman–Crippen LogP) is 5.22. The third kappa shape index (κ3) is 4.02. The van der Waals surface area contributed by atoms with Crippen molar-refractivity contribution in [2.24, 2.45) is 0 Å². The Morgan fingerprint density at radius 2 is 1.62 bits per heavy atom. The molecule has 0 amide bonds. The van der Waals surface area contributed by atoms with Gasteiger partial charge in [0.15, 0.2) is 0 Å². The fourth-order valence-corrected chi connectivity index (χ4v) is 5.33. The van der Waals surface area contributed by atoms with Gasteiger partial charge in [-0.05, 0) is 29.8 Å². The minimum absolute atomic E-state index is 0.00690. The summed E-state index contributed by atoms with van der Waals surface area (Å²) in [7, 11) is -4.06. The number of sulfonamides is 1. The summed E-state index contributed by atoms with van der Waals surface area (Å²) in [6.45, 7) is 0. The summed E-state index contributed by atoms with van der Waals surface area (Å²) < 4.78 is 27.5. The van der Waals surface area contributed by atoms with Crippen molar-refractivity contribution in [2.75, 3.05) is 4.72 Å². The van der Waals surface area contributed by atoms with Crippen molar-refractivity contribution in [2.45, 2.75) is 4.90 Å². The highest BCUT2D eigenvalue weighted by atomic mass is 35.5. The van der Waals surface area contributed by atoms with Gasteiger partial charge in [-0.25, -0.2) is 13.2 Å². The van der Waals surface area contributed by atoms with Crippen LogP contribution in [-0.2, 0) is 10.0 Å². The quantitative estimate of drug-likeness (QED) is 0.584. The maximum absolute atomic E-state index is 12.6. The van der Waals surface area contributed by atoms with E-state index < -0.39 is 16.0 Å². The zero-order valence-electron chi connectivity index (χ0n) is 12.9. The molecule has 0 saturated carbocycles. The molecule has 9 heteroatoms. The Morgan fingerprint density at radius 3 is 2.19 bits per heavy atom. The maximum atomic E-state index is 12.6. The summed E-state index contributed by atoms with van der Waals surface area (Å²) in [6, 6.07) is 14.4. The molecule has 0 aliphatic heterocycles. The highest BCUT2D eigenvalue weighted by molar-refractivity contribution is 7.93. The molecule has 5 nitrogen and oxygen atoms in total. The topological polar surface area (TPSA) is 83.5 Å². The van der Waals surface area contributed by atoms with Crippen LogP contribution in [0.15, 0.2) is 59.5 Å². The Bertz CT molecular complexity index is 1060. The van der Waals surface area contributed by atoms with Gasteiger partial charge in [0.25, 0.3) is 10.0 Å². The van der Waals surface area contributed by atoms with Crippen LogP contribution in [0.25, 0.3) is 10.4 Å². The minimum Gasteiger partial charge on any atom is -0.478 e. The Morgan fingerprint density at radius 1 is 1.00 bits per heavy atom. The highest BCUT2D eigenvalue weighted by Gasteiger charge is 2.22. The van der Waals surface area contributed by atoms with E-state index in [9.17, 15) is 18.3 Å². The van der Waals surface area contributed by atoms with Gasteiger partial charge in [-0.2, -0.15) is 0 Å². The molecule has 0 unspecified atom stereocenters. The lowest BCUT2D eigenvalue weighted by Gasteiger charge is -2.08. The first-order chi connectivity index (χ1) is 12.3. The number of hydrogen-bond acceptors (Lipinski definition) is 4. The smallest absolute Gasteiger partial charge is 0.338 e. The van der Waals surface area contributed by atoms with E-state index in [1.807, 2.05) is 30.3 Å². The molecule has 134 valence electrons. The van der Waals surface area contributed by atoms with E-state index >= 15 is 0 Å². The van der Waals surface area contributed by atoms with Crippen LogP contribution in [-0.4, -0.2) is 19.5 Å². The fraction of sp³-hybridized carbons (Fsp3) is 0. The number of carbonyl (C=O) groups is 1. The van der Waals surface area contributed by atoms with Crippen molar-refractivity contribution in [3.8, 4) is 10.4 Å². The number of carboxylic acids is 1.